The zero-order valence-corrected chi connectivity index (χ0v) is 14.5. The van der Waals surface area contributed by atoms with Crippen molar-refractivity contribution in [1.29, 1.82) is 0 Å². The molecule has 1 aromatic carbocycles. The molecule has 5 heteroatoms. The van der Waals surface area contributed by atoms with Crippen LogP contribution in [0.4, 0.5) is 0 Å². The highest BCUT2D eigenvalue weighted by Crippen LogP contribution is 2.43. The molecule has 0 bridgehead atoms. The molecule has 1 aromatic rings. The molecule has 3 rings (SSSR count). The topological polar surface area (TPSA) is 50.4 Å². The molecule has 2 aliphatic rings. The highest BCUT2D eigenvalue weighted by molar-refractivity contribution is 5.85. The van der Waals surface area contributed by atoms with Crippen LogP contribution >= 0.6 is 12.4 Å². The lowest BCUT2D eigenvalue weighted by Crippen LogP contribution is -2.48. The Kier molecular flexibility index (Phi) is 6.45. The minimum Gasteiger partial charge on any atom is -0.375 e. The van der Waals surface area contributed by atoms with Crippen molar-refractivity contribution in [3.05, 3.63) is 35.9 Å². The zero-order valence-electron chi connectivity index (χ0n) is 13.7. The normalized spacial score (nSPS) is 27.6. The Morgan fingerprint density at radius 3 is 2.91 bits per heavy atom. The fraction of sp³-hybridized carbons (Fsp3) is 0.611. The van der Waals surface area contributed by atoms with Crippen LogP contribution in [0.25, 0.3) is 0 Å². The molecule has 0 spiro atoms. The Balaban J connectivity index is 0.00000192. The Bertz CT molecular complexity index is 511. The van der Waals surface area contributed by atoms with Crippen molar-refractivity contribution in [3.8, 4) is 0 Å². The summed E-state index contributed by atoms with van der Waals surface area (Å²) in [5.41, 5.74) is 0.917. The first kappa shape index (κ1) is 18.2. The van der Waals surface area contributed by atoms with Crippen LogP contribution in [0.5, 0.6) is 0 Å². The van der Waals surface area contributed by atoms with Gasteiger partial charge in [0.15, 0.2) is 0 Å². The molecule has 0 aromatic heterocycles. The van der Waals surface area contributed by atoms with E-state index in [-0.39, 0.29) is 29.8 Å². The van der Waals surface area contributed by atoms with Gasteiger partial charge in [-0.1, -0.05) is 43.2 Å². The van der Waals surface area contributed by atoms with Crippen LogP contribution in [0, 0.1) is 11.3 Å². The van der Waals surface area contributed by atoms with Gasteiger partial charge in [-0.15, -0.1) is 12.4 Å². The Labute approximate surface area is 144 Å². The van der Waals surface area contributed by atoms with E-state index in [1.165, 1.54) is 12.8 Å². The van der Waals surface area contributed by atoms with E-state index >= 15 is 0 Å². The molecule has 1 aliphatic heterocycles. The van der Waals surface area contributed by atoms with E-state index in [0.717, 1.165) is 31.5 Å². The number of halogens is 1. The van der Waals surface area contributed by atoms with Crippen molar-refractivity contribution in [1.82, 2.24) is 10.6 Å². The first-order valence-corrected chi connectivity index (χ1v) is 8.33. The average molecular weight is 339 g/mol. The second-order valence-electron chi connectivity index (χ2n) is 6.57. The number of hydrogen-bond acceptors (Lipinski definition) is 3. The predicted molar refractivity (Wildman–Crippen MR) is 93.7 cm³/mol. The monoisotopic (exact) mass is 338 g/mol. The van der Waals surface area contributed by atoms with Crippen molar-refractivity contribution in [3.63, 3.8) is 0 Å². The van der Waals surface area contributed by atoms with Crippen molar-refractivity contribution in [2.24, 2.45) is 11.3 Å². The van der Waals surface area contributed by atoms with Crippen LogP contribution in [0.1, 0.15) is 37.4 Å². The molecule has 1 aliphatic carbocycles. The van der Waals surface area contributed by atoms with Gasteiger partial charge in [0.1, 0.15) is 0 Å². The van der Waals surface area contributed by atoms with E-state index in [2.05, 4.69) is 10.6 Å². The molecule has 1 amide bonds. The van der Waals surface area contributed by atoms with Gasteiger partial charge in [-0.25, -0.2) is 0 Å². The van der Waals surface area contributed by atoms with Gasteiger partial charge < -0.3 is 15.4 Å². The second kappa shape index (κ2) is 8.13. The van der Waals surface area contributed by atoms with Crippen molar-refractivity contribution in [2.75, 3.05) is 26.7 Å². The summed E-state index contributed by atoms with van der Waals surface area (Å²) in [7, 11) is 1.70. The number of hydrogen-bond donors (Lipinski definition) is 2. The van der Waals surface area contributed by atoms with Crippen molar-refractivity contribution in [2.45, 2.75) is 31.8 Å². The fourth-order valence-electron chi connectivity index (χ4n) is 4.06. The minimum absolute atomic E-state index is 0. The first-order chi connectivity index (χ1) is 10.8. The summed E-state index contributed by atoms with van der Waals surface area (Å²) in [5.74, 6) is 0.708. The number of amides is 1. The Morgan fingerprint density at radius 2 is 2.17 bits per heavy atom. The summed E-state index contributed by atoms with van der Waals surface area (Å²) in [6.45, 7) is 2.35. The van der Waals surface area contributed by atoms with E-state index in [4.69, 9.17) is 4.74 Å². The van der Waals surface area contributed by atoms with Gasteiger partial charge in [-0.2, -0.15) is 0 Å². The Hall–Kier alpha value is -1.10. The van der Waals surface area contributed by atoms with Gasteiger partial charge in [0, 0.05) is 20.2 Å². The number of benzene rings is 1. The lowest BCUT2D eigenvalue weighted by molar-refractivity contribution is -0.134. The Morgan fingerprint density at radius 1 is 1.39 bits per heavy atom. The summed E-state index contributed by atoms with van der Waals surface area (Å²) >= 11 is 0. The maximum Gasteiger partial charge on any atom is 0.227 e. The number of fused-ring (bicyclic) bond motifs is 1. The standard InChI is InChI=1S/C18H26N2O2.ClH/c1-22-16(14-7-3-2-4-8-14)12-20-17(21)18-10-6-5-9-15(18)11-19-13-18;/h2-4,7-8,15-16,19H,5-6,9-13H2,1H3,(H,20,21);1H/t15-,16?,18+;/m0./s1. The smallest absolute Gasteiger partial charge is 0.227 e. The quantitative estimate of drug-likeness (QED) is 0.868. The largest absolute Gasteiger partial charge is 0.375 e. The van der Waals surface area contributed by atoms with E-state index < -0.39 is 0 Å². The maximum atomic E-state index is 12.8. The second-order valence-corrected chi connectivity index (χ2v) is 6.57. The number of rotatable bonds is 5. The molecular formula is C18H27ClN2O2. The van der Waals surface area contributed by atoms with Gasteiger partial charge in [0.2, 0.25) is 5.91 Å². The van der Waals surface area contributed by atoms with E-state index in [0.29, 0.717) is 12.5 Å². The third-order valence-electron chi connectivity index (χ3n) is 5.39. The number of ether oxygens (including phenoxy) is 1. The van der Waals surface area contributed by atoms with Crippen LogP contribution in [0.15, 0.2) is 30.3 Å². The van der Waals surface area contributed by atoms with Crippen LogP contribution in [-0.2, 0) is 9.53 Å². The lowest BCUT2D eigenvalue weighted by atomic mass is 9.67. The highest BCUT2D eigenvalue weighted by atomic mass is 35.5. The van der Waals surface area contributed by atoms with Crippen LogP contribution in [0.3, 0.4) is 0 Å². The highest BCUT2D eigenvalue weighted by Gasteiger charge is 2.49. The lowest BCUT2D eigenvalue weighted by Gasteiger charge is -2.37. The summed E-state index contributed by atoms with van der Waals surface area (Å²) in [6.07, 6.45) is 4.52. The summed E-state index contributed by atoms with van der Waals surface area (Å²) < 4.78 is 5.55. The molecule has 2 fully saturated rings. The molecule has 1 saturated carbocycles. The fourth-order valence-corrected chi connectivity index (χ4v) is 4.06. The van der Waals surface area contributed by atoms with Crippen molar-refractivity contribution >= 4 is 18.3 Å². The van der Waals surface area contributed by atoms with Gasteiger partial charge in [0.05, 0.1) is 11.5 Å². The molecule has 2 N–H and O–H groups in total. The van der Waals surface area contributed by atoms with Gasteiger partial charge in [-0.05, 0) is 30.9 Å². The number of carbonyl (C=O) groups excluding carboxylic acids is 1. The van der Waals surface area contributed by atoms with Crippen LogP contribution < -0.4 is 10.6 Å². The van der Waals surface area contributed by atoms with Crippen molar-refractivity contribution < 1.29 is 9.53 Å². The molecule has 23 heavy (non-hydrogen) atoms. The number of carbonyl (C=O) groups is 1. The minimum atomic E-state index is -0.187. The van der Waals surface area contributed by atoms with Crippen LogP contribution in [-0.4, -0.2) is 32.7 Å². The van der Waals surface area contributed by atoms with E-state index in [1.54, 1.807) is 7.11 Å². The summed E-state index contributed by atoms with van der Waals surface area (Å²) in [4.78, 5) is 12.8. The van der Waals surface area contributed by atoms with Gasteiger partial charge in [-0.3, -0.25) is 4.79 Å². The van der Waals surface area contributed by atoms with Gasteiger partial charge in [0.25, 0.3) is 0 Å². The van der Waals surface area contributed by atoms with E-state index in [1.807, 2.05) is 30.3 Å². The van der Waals surface area contributed by atoms with E-state index in [9.17, 15) is 4.79 Å². The maximum absolute atomic E-state index is 12.8. The third-order valence-corrected chi connectivity index (χ3v) is 5.39. The summed E-state index contributed by atoms with van der Waals surface area (Å²) in [5, 5.41) is 6.59. The summed E-state index contributed by atoms with van der Waals surface area (Å²) in [6, 6.07) is 10.1. The average Bonchev–Trinajstić information content (AvgIpc) is 3.01. The first-order valence-electron chi connectivity index (χ1n) is 8.33. The van der Waals surface area contributed by atoms with Crippen LogP contribution in [0.2, 0.25) is 0 Å². The molecule has 1 saturated heterocycles. The molecule has 128 valence electrons. The number of nitrogens with one attached hydrogen (secondary N) is 2. The number of methoxy groups -OCH3 is 1. The molecule has 1 unspecified atom stereocenters. The predicted octanol–water partition coefficient (Wildman–Crippen LogP) is 2.69. The molecule has 0 radical (unpaired) electrons. The zero-order chi connectivity index (χ0) is 15.4. The molecule has 4 nitrogen and oxygen atoms in total. The molecular weight excluding hydrogens is 312 g/mol. The SMILES string of the molecule is COC(CNC(=O)[C@@]12CCCC[C@H]1CNC2)c1ccccc1.Cl. The molecule has 1 heterocycles. The molecule has 3 atom stereocenters. The van der Waals surface area contributed by atoms with Gasteiger partial charge >= 0.3 is 0 Å². The third kappa shape index (κ3) is 3.70.